The van der Waals surface area contributed by atoms with E-state index in [9.17, 15) is 9.59 Å². The average Bonchev–Trinajstić information content (AvgIpc) is 2.56. The Balaban J connectivity index is 2.87. The van der Waals surface area contributed by atoms with Gasteiger partial charge in [-0.2, -0.15) is 0 Å². The van der Waals surface area contributed by atoms with E-state index in [-0.39, 0.29) is 17.7 Å². The van der Waals surface area contributed by atoms with Crippen LogP contribution in [0.3, 0.4) is 0 Å². The minimum absolute atomic E-state index is 0.0642. The van der Waals surface area contributed by atoms with Crippen LogP contribution in [0, 0.1) is 11.3 Å². The summed E-state index contributed by atoms with van der Waals surface area (Å²) in [5.41, 5.74) is -0.823. The van der Waals surface area contributed by atoms with Crippen LogP contribution in [-0.4, -0.2) is 18.4 Å². The van der Waals surface area contributed by atoms with Gasteiger partial charge in [-0.05, 0) is 32.6 Å². The van der Waals surface area contributed by atoms with Gasteiger partial charge in [-0.15, -0.1) is 0 Å². The molecule has 3 nitrogen and oxygen atoms in total. The number of ketones is 1. The highest BCUT2D eigenvalue weighted by Crippen LogP contribution is 2.43. The van der Waals surface area contributed by atoms with Crippen LogP contribution in [0.25, 0.3) is 0 Å². The first-order chi connectivity index (χ1) is 7.12. The molecule has 1 aliphatic carbocycles. The fraction of sp³-hybridized carbons (Fsp3) is 0.833. The fourth-order valence-electron chi connectivity index (χ4n) is 2.42. The molecule has 3 heteroatoms. The molecule has 1 saturated carbocycles. The minimum Gasteiger partial charge on any atom is -0.465 e. The van der Waals surface area contributed by atoms with E-state index >= 15 is 0 Å². The van der Waals surface area contributed by atoms with E-state index in [4.69, 9.17) is 4.74 Å². The standard InChI is InChI=1S/C12H20O3/c1-4-9-7-8-12(5-2,10(9)13)11(14)15-6-3/h9H,4-8H2,1-3H3. The third kappa shape index (κ3) is 1.92. The molecule has 0 N–H and O–H groups in total. The topological polar surface area (TPSA) is 43.4 Å². The quantitative estimate of drug-likeness (QED) is 0.530. The second kappa shape index (κ2) is 4.77. The summed E-state index contributed by atoms with van der Waals surface area (Å²) in [5, 5.41) is 0. The lowest BCUT2D eigenvalue weighted by atomic mass is 9.81. The Morgan fingerprint density at radius 2 is 2.13 bits per heavy atom. The lowest BCUT2D eigenvalue weighted by Gasteiger charge is -2.23. The molecule has 0 aliphatic heterocycles. The summed E-state index contributed by atoms with van der Waals surface area (Å²) in [7, 11) is 0. The van der Waals surface area contributed by atoms with Crippen molar-refractivity contribution in [1.29, 1.82) is 0 Å². The van der Waals surface area contributed by atoms with Crippen molar-refractivity contribution < 1.29 is 14.3 Å². The van der Waals surface area contributed by atoms with Gasteiger partial charge in [0.2, 0.25) is 0 Å². The third-order valence-electron chi connectivity index (χ3n) is 3.52. The van der Waals surface area contributed by atoms with Crippen molar-refractivity contribution in [2.45, 2.75) is 46.5 Å². The Kier molecular flexibility index (Phi) is 3.89. The molecule has 0 saturated heterocycles. The van der Waals surface area contributed by atoms with Crippen LogP contribution in [0.5, 0.6) is 0 Å². The summed E-state index contributed by atoms with van der Waals surface area (Å²) in [4.78, 5) is 23.9. The summed E-state index contributed by atoms with van der Waals surface area (Å²) in [6.07, 6.45) is 2.91. The summed E-state index contributed by atoms with van der Waals surface area (Å²) in [6.45, 7) is 6.02. The maximum Gasteiger partial charge on any atom is 0.319 e. The number of hydrogen-bond acceptors (Lipinski definition) is 3. The van der Waals surface area contributed by atoms with Crippen molar-refractivity contribution in [1.82, 2.24) is 0 Å². The number of Topliss-reactive ketones (excluding diaryl/α,β-unsaturated/α-hetero) is 1. The molecule has 0 heterocycles. The van der Waals surface area contributed by atoms with Crippen molar-refractivity contribution >= 4 is 11.8 Å². The highest BCUT2D eigenvalue weighted by molar-refractivity contribution is 6.06. The second-order valence-electron chi connectivity index (χ2n) is 4.16. The smallest absolute Gasteiger partial charge is 0.319 e. The first-order valence-corrected chi connectivity index (χ1v) is 5.83. The number of carbonyl (C=O) groups is 2. The van der Waals surface area contributed by atoms with Crippen molar-refractivity contribution in [3.63, 3.8) is 0 Å². The van der Waals surface area contributed by atoms with Crippen LogP contribution < -0.4 is 0 Å². The van der Waals surface area contributed by atoms with E-state index < -0.39 is 5.41 Å². The lowest BCUT2D eigenvalue weighted by molar-refractivity contribution is -0.159. The molecule has 1 fully saturated rings. The van der Waals surface area contributed by atoms with Gasteiger partial charge in [0.05, 0.1) is 6.61 Å². The maximum absolute atomic E-state index is 12.1. The second-order valence-corrected chi connectivity index (χ2v) is 4.16. The van der Waals surface area contributed by atoms with E-state index in [1.165, 1.54) is 0 Å². The van der Waals surface area contributed by atoms with Crippen molar-refractivity contribution in [3.05, 3.63) is 0 Å². The van der Waals surface area contributed by atoms with Gasteiger partial charge < -0.3 is 4.74 Å². The summed E-state index contributed by atoms with van der Waals surface area (Å²) < 4.78 is 5.02. The molecule has 1 aliphatic rings. The van der Waals surface area contributed by atoms with Crippen molar-refractivity contribution in [3.8, 4) is 0 Å². The lowest BCUT2D eigenvalue weighted by Crippen LogP contribution is -2.38. The zero-order valence-electron chi connectivity index (χ0n) is 9.84. The van der Waals surface area contributed by atoms with Crippen molar-refractivity contribution in [2.24, 2.45) is 11.3 Å². The van der Waals surface area contributed by atoms with E-state index in [0.29, 0.717) is 19.4 Å². The molecular weight excluding hydrogens is 192 g/mol. The van der Waals surface area contributed by atoms with E-state index in [0.717, 1.165) is 12.8 Å². The molecule has 0 spiro atoms. The molecule has 2 atom stereocenters. The third-order valence-corrected chi connectivity index (χ3v) is 3.52. The van der Waals surface area contributed by atoms with Gasteiger partial charge in [0.1, 0.15) is 5.41 Å². The van der Waals surface area contributed by atoms with E-state index in [1.54, 1.807) is 6.92 Å². The van der Waals surface area contributed by atoms with Crippen LogP contribution in [0.4, 0.5) is 0 Å². The SMILES string of the molecule is CCOC(=O)C1(CC)CCC(CC)C1=O. The molecule has 0 aromatic carbocycles. The van der Waals surface area contributed by atoms with Crippen LogP contribution in [0.2, 0.25) is 0 Å². The Morgan fingerprint density at radius 1 is 1.47 bits per heavy atom. The molecule has 2 unspecified atom stereocenters. The van der Waals surface area contributed by atoms with Crippen LogP contribution >= 0.6 is 0 Å². The normalized spacial score (nSPS) is 30.6. The predicted octanol–water partition coefficient (Wildman–Crippen LogP) is 2.33. The molecule has 0 bridgehead atoms. The molecule has 15 heavy (non-hydrogen) atoms. The van der Waals surface area contributed by atoms with Gasteiger partial charge in [-0.3, -0.25) is 9.59 Å². The summed E-state index contributed by atoms with van der Waals surface area (Å²) >= 11 is 0. The number of esters is 1. The molecule has 86 valence electrons. The molecule has 0 aromatic heterocycles. The van der Waals surface area contributed by atoms with Gasteiger partial charge in [0.25, 0.3) is 0 Å². The zero-order chi connectivity index (χ0) is 11.5. The van der Waals surface area contributed by atoms with Gasteiger partial charge in [-0.1, -0.05) is 13.8 Å². The molecule has 1 rings (SSSR count). The Morgan fingerprint density at radius 3 is 2.53 bits per heavy atom. The van der Waals surface area contributed by atoms with Gasteiger partial charge in [-0.25, -0.2) is 0 Å². The number of carbonyl (C=O) groups excluding carboxylic acids is 2. The Labute approximate surface area is 91.2 Å². The minimum atomic E-state index is -0.823. The Bertz CT molecular complexity index is 260. The largest absolute Gasteiger partial charge is 0.465 e. The number of rotatable bonds is 4. The van der Waals surface area contributed by atoms with Crippen molar-refractivity contribution in [2.75, 3.05) is 6.61 Å². The molecule has 0 amide bonds. The average molecular weight is 212 g/mol. The maximum atomic E-state index is 12.1. The number of ether oxygens (including phenoxy) is 1. The molecular formula is C12H20O3. The first-order valence-electron chi connectivity index (χ1n) is 5.83. The highest BCUT2D eigenvalue weighted by Gasteiger charge is 2.52. The van der Waals surface area contributed by atoms with Gasteiger partial charge in [0.15, 0.2) is 5.78 Å². The van der Waals surface area contributed by atoms with E-state index in [2.05, 4.69) is 0 Å². The van der Waals surface area contributed by atoms with Gasteiger partial charge in [0, 0.05) is 5.92 Å². The predicted molar refractivity (Wildman–Crippen MR) is 57.4 cm³/mol. The van der Waals surface area contributed by atoms with Crippen LogP contribution in [0.1, 0.15) is 46.5 Å². The summed E-state index contributed by atoms with van der Waals surface area (Å²) in [6, 6.07) is 0. The zero-order valence-corrected chi connectivity index (χ0v) is 9.84. The monoisotopic (exact) mass is 212 g/mol. The highest BCUT2D eigenvalue weighted by atomic mass is 16.5. The number of hydrogen-bond donors (Lipinski definition) is 0. The van der Waals surface area contributed by atoms with E-state index in [1.807, 2.05) is 13.8 Å². The first kappa shape index (κ1) is 12.2. The Hall–Kier alpha value is -0.860. The summed E-state index contributed by atoms with van der Waals surface area (Å²) in [5.74, 6) is -0.145. The van der Waals surface area contributed by atoms with Crippen LogP contribution in [-0.2, 0) is 14.3 Å². The van der Waals surface area contributed by atoms with Crippen LogP contribution in [0.15, 0.2) is 0 Å². The molecule has 0 radical (unpaired) electrons. The fourth-order valence-corrected chi connectivity index (χ4v) is 2.42. The van der Waals surface area contributed by atoms with Gasteiger partial charge >= 0.3 is 5.97 Å². The molecule has 0 aromatic rings.